The van der Waals surface area contributed by atoms with Gasteiger partial charge in [0, 0.05) is 0 Å². The van der Waals surface area contributed by atoms with Crippen molar-refractivity contribution in [3.8, 4) is 0 Å². The second kappa shape index (κ2) is 9.40. The average molecular weight is 336 g/mol. The van der Waals surface area contributed by atoms with E-state index in [-0.39, 0.29) is 0 Å². The fourth-order valence-corrected chi connectivity index (χ4v) is 1.90. The number of rotatable bonds is 10. The lowest BCUT2D eigenvalue weighted by molar-refractivity contribution is 0.0700. The fraction of sp³-hybridized carbons (Fsp3) is 0.667. The van der Waals surface area contributed by atoms with Crippen molar-refractivity contribution in [2.24, 2.45) is 5.41 Å². The number of hydrogen-bond acceptors (Lipinski definition) is 3. The van der Waals surface area contributed by atoms with Crippen LogP contribution >= 0.6 is 26.3 Å². The molecule has 0 unspecified atom stereocenters. The Morgan fingerprint density at radius 3 is 1.22 bits per heavy atom. The number of hydrogen-bond donors (Lipinski definition) is 0. The summed E-state index contributed by atoms with van der Waals surface area (Å²) < 4.78 is 83.6. The molecule has 0 aromatic rings. The van der Waals surface area contributed by atoms with Crippen LogP contribution in [0.3, 0.4) is 0 Å². The molecule has 18 heavy (non-hydrogen) atoms. The van der Waals surface area contributed by atoms with Gasteiger partial charge in [-0.2, -0.15) is 25.2 Å². The van der Waals surface area contributed by atoms with Crippen LogP contribution in [0.2, 0.25) is 0 Å². The predicted octanol–water partition coefficient (Wildman–Crippen LogP) is 5.71. The molecule has 3 nitrogen and oxygen atoms in total. The molecule has 0 N–H and O–H groups in total. The van der Waals surface area contributed by atoms with E-state index in [0.717, 1.165) is 6.08 Å². The molecule has 0 spiro atoms. The lowest BCUT2D eigenvalue weighted by Crippen LogP contribution is -2.33. The van der Waals surface area contributed by atoms with Gasteiger partial charge in [-0.3, -0.25) is 0 Å². The highest BCUT2D eigenvalue weighted by Gasteiger charge is 2.33. The van der Waals surface area contributed by atoms with Crippen LogP contribution in [0.5, 0.6) is 0 Å². The van der Waals surface area contributed by atoms with Gasteiger partial charge in [0.05, 0.1) is 25.2 Å². The summed E-state index contributed by atoms with van der Waals surface area (Å²) in [6.07, 6.45) is 0.934. The summed E-state index contributed by atoms with van der Waals surface area (Å²) >= 11 is 0. The van der Waals surface area contributed by atoms with Gasteiger partial charge in [-0.25, -0.2) is 0 Å². The highest BCUT2D eigenvalue weighted by molar-refractivity contribution is 7.41. The minimum Gasteiger partial charge on any atom is -0.305 e. The molecular formula is C6H9F6O3P3. The standard InChI is InChI=1S/C6H9F6O3P3/c1-2-6(3-13-16(7)8,4-14-17(9)10)5-15-18(11)12/h2H,1,3-5H2. The topological polar surface area (TPSA) is 27.7 Å². The largest absolute Gasteiger partial charge is 0.415 e. The van der Waals surface area contributed by atoms with E-state index in [4.69, 9.17) is 0 Å². The summed E-state index contributed by atoms with van der Waals surface area (Å²) in [6.45, 7) is 0.844. The van der Waals surface area contributed by atoms with E-state index in [1.807, 2.05) is 0 Å². The first-order chi connectivity index (χ1) is 8.31. The van der Waals surface area contributed by atoms with Crippen molar-refractivity contribution in [2.75, 3.05) is 19.8 Å². The lowest BCUT2D eigenvalue weighted by atomic mass is 9.92. The van der Waals surface area contributed by atoms with E-state index in [1.165, 1.54) is 0 Å². The van der Waals surface area contributed by atoms with Gasteiger partial charge >= 0.3 is 26.3 Å². The third kappa shape index (κ3) is 8.57. The van der Waals surface area contributed by atoms with Crippen molar-refractivity contribution in [3.63, 3.8) is 0 Å². The summed E-state index contributed by atoms with van der Waals surface area (Å²) in [5.41, 5.74) is -1.66. The summed E-state index contributed by atoms with van der Waals surface area (Å²) in [5.74, 6) is 0. The molecule has 12 heteroatoms. The quantitative estimate of drug-likeness (QED) is 0.291. The van der Waals surface area contributed by atoms with E-state index in [2.05, 4.69) is 20.2 Å². The summed E-state index contributed by atoms with van der Waals surface area (Å²) in [5, 5.41) is 0. The molecule has 0 aliphatic carbocycles. The predicted molar refractivity (Wildman–Crippen MR) is 57.9 cm³/mol. The van der Waals surface area contributed by atoms with E-state index in [9.17, 15) is 25.2 Å². The lowest BCUT2D eigenvalue weighted by Gasteiger charge is -2.28. The van der Waals surface area contributed by atoms with E-state index in [0.29, 0.717) is 0 Å². The van der Waals surface area contributed by atoms with Crippen LogP contribution in [-0.4, -0.2) is 19.8 Å². The third-order valence-corrected chi connectivity index (χ3v) is 2.75. The van der Waals surface area contributed by atoms with Crippen LogP contribution < -0.4 is 0 Å². The maximum Gasteiger partial charge on any atom is 0.415 e. The van der Waals surface area contributed by atoms with Crippen LogP contribution in [0.25, 0.3) is 0 Å². The molecule has 0 aliphatic rings. The minimum atomic E-state index is -3.75. The molecule has 0 amide bonds. The van der Waals surface area contributed by atoms with Crippen molar-refractivity contribution in [2.45, 2.75) is 0 Å². The second-order valence-corrected chi connectivity index (χ2v) is 4.98. The first-order valence-electron chi connectivity index (χ1n) is 4.19. The van der Waals surface area contributed by atoms with Crippen molar-refractivity contribution in [3.05, 3.63) is 12.7 Å². The molecule has 0 radical (unpaired) electrons. The number of halogens is 6. The Labute approximate surface area is 104 Å². The van der Waals surface area contributed by atoms with E-state index in [1.54, 1.807) is 0 Å². The highest BCUT2D eigenvalue weighted by atomic mass is 31.2. The van der Waals surface area contributed by atoms with Crippen LogP contribution in [0.1, 0.15) is 0 Å². The second-order valence-electron chi connectivity index (χ2n) is 2.99. The first-order valence-corrected chi connectivity index (χ1v) is 7.31. The van der Waals surface area contributed by atoms with Crippen LogP contribution in [0, 0.1) is 5.41 Å². The normalized spacial score (nSPS) is 12.7. The Hall–Kier alpha value is 0.490. The zero-order chi connectivity index (χ0) is 14.2. The molecule has 0 aliphatic heterocycles. The molecule has 0 saturated heterocycles. The van der Waals surface area contributed by atoms with Crippen LogP contribution in [-0.2, 0) is 13.6 Å². The van der Waals surface area contributed by atoms with Crippen LogP contribution in [0.15, 0.2) is 12.7 Å². The summed E-state index contributed by atoms with van der Waals surface area (Å²) in [4.78, 5) is 0. The third-order valence-electron chi connectivity index (χ3n) is 1.78. The molecule has 0 rings (SSSR count). The monoisotopic (exact) mass is 336 g/mol. The molecule has 0 aromatic carbocycles. The first kappa shape index (κ1) is 18.5. The molecule has 0 fully saturated rings. The van der Waals surface area contributed by atoms with Crippen molar-refractivity contribution >= 4 is 26.3 Å². The molecule has 0 saturated carbocycles. The van der Waals surface area contributed by atoms with Crippen molar-refractivity contribution in [1.82, 2.24) is 0 Å². The maximum absolute atomic E-state index is 11.9. The summed E-state index contributed by atoms with van der Waals surface area (Å²) in [7, 11) is -11.2. The Balaban J connectivity index is 4.54. The Kier molecular flexibility index (Phi) is 9.66. The zero-order valence-electron chi connectivity index (χ0n) is 8.74. The molecule has 0 heterocycles. The molecule has 0 atom stereocenters. The van der Waals surface area contributed by atoms with Gasteiger partial charge in [0.1, 0.15) is 0 Å². The van der Waals surface area contributed by atoms with Gasteiger partial charge in [-0.1, -0.05) is 6.08 Å². The zero-order valence-corrected chi connectivity index (χ0v) is 11.4. The molecule has 0 bridgehead atoms. The van der Waals surface area contributed by atoms with Crippen molar-refractivity contribution < 1.29 is 38.8 Å². The van der Waals surface area contributed by atoms with Gasteiger partial charge in [-0.15, -0.1) is 6.58 Å². The maximum atomic E-state index is 11.9. The SMILES string of the molecule is C=CC(COP(F)F)(COP(F)F)COP(F)F. The van der Waals surface area contributed by atoms with E-state index < -0.39 is 51.5 Å². The minimum absolute atomic E-state index is 0.790. The van der Waals surface area contributed by atoms with Gasteiger partial charge in [-0.05, 0) is 0 Å². The van der Waals surface area contributed by atoms with Gasteiger partial charge in [0.15, 0.2) is 0 Å². The van der Waals surface area contributed by atoms with Gasteiger partial charge < -0.3 is 13.6 Å². The van der Waals surface area contributed by atoms with Crippen molar-refractivity contribution in [1.29, 1.82) is 0 Å². The Bertz CT molecular complexity index is 213. The Morgan fingerprint density at radius 2 is 1.06 bits per heavy atom. The highest BCUT2D eigenvalue weighted by Crippen LogP contribution is 2.47. The molecule has 108 valence electrons. The smallest absolute Gasteiger partial charge is 0.305 e. The van der Waals surface area contributed by atoms with Gasteiger partial charge in [0.25, 0.3) is 0 Å². The van der Waals surface area contributed by atoms with Gasteiger partial charge in [0.2, 0.25) is 0 Å². The summed E-state index contributed by atoms with van der Waals surface area (Å²) in [6, 6.07) is 0. The van der Waals surface area contributed by atoms with Crippen LogP contribution in [0.4, 0.5) is 25.2 Å². The molecular weight excluding hydrogens is 327 g/mol. The fourth-order valence-electron chi connectivity index (χ4n) is 0.834. The average Bonchev–Trinajstić information content (AvgIpc) is 2.28. The molecule has 0 aromatic heterocycles. The Morgan fingerprint density at radius 1 is 0.778 bits per heavy atom. The van der Waals surface area contributed by atoms with E-state index >= 15 is 0 Å².